The average Bonchev–Trinajstić information content (AvgIpc) is 2.81. The normalized spacial score (nSPS) is 15.4. The molecule has 2 aromatic rings. The summed E-state index contributed by atoms with van der Waals surface area (Å²) in [6.07, 6.45) is -0.672. The van der Waals surface area contributed by atoms with E-state index in [-0.39, 0.29) is 5.82 Å². The third-order valence-electron chi connectivity index (χ3n) is 3.63. The second kappa shape index (κ2) is 4.67. The lowest BCUT2D eigenvalue weighted by atomic mass is 10.1. The van der Waals surface area contributed by atoms with Crippen LogP contribution in [-0.2, 0) is 13.1 Å². The van der Waals surface area contributed by atoms with Gasteiger partial charge in [0.1, 0.15) is 5.82 Å². The molecule has 0 radical (unpaired) electrons. The van der Waals surface area contributed by atoms with Crippen molar-refractivity contribution in [3.8, 4) is 0 Å². The smallest absolute Gasteiger partial charge is 0.146 e. The first-order chi connectivity index (χ1) is 9.16. The van der Waals surface area contributed by atoms with Gasteiger partial charge in [0.15, 0.2) is 0 Å². The Kier molecular flexibility index (Phi) is 2.99. The van der Waals surface area contributed by atoms with Gasteiger partial charge in [-0.3, -0.25) is 0 Å². The number of aliphatic hydroxyl groups excluding tert-OH is 1. The number of hydrogen-bond donors (Lipinski definition) is 1. The molecule has 2 aromatic carbocycles. The van der Waals surface area contributed by atoms with E-state index in [1.807, 2.05) is 17.0 Å². The predicted molar refractivity (Wildman–Crippen MR) is 73.4 cm³/mol. The third-order valence-corrected chi connectivity index (χ3v) is 3.63. The van der Waals surface area contributed by atoms with Crippen LogP contribution in [0.3, 0.4) is 0 Å². The van der Waals surface area contributed by atoms with Gasteiger partial charge in [-0.15, -0.1) is 0 Å². The Balaban J connectivity index is 2.01. The maximum absolute atomic E-state index is 14.1. The maximum Gasteiger partial charge on any atom is 0.146 e. The van der Waals surface area contributed by atoms with E-state index in [2.05, 4.69) is 12.1 Å². The SMILES string of the molecule is CC(O)c1cccc(F)c1N1Cc2ccccc2C1. The van der Waals surface area contributed by atoms with Gasteiger partial charge in [-0.05, 0) is 24.1 Å². The molecule has 0 fully saturated rings. The molecule has 0 saturated carbocycles. The van der Waals surface area contributed by atoms with Gasteiger partial charge in [0, 0.05) is 18.7 Å². The molecule has 1 N–H and O–H groups in total. The lowest BCUT2D eigenvalue weighted by Crippen LogP contribution is -2.18. The quantitative estimate of drug-likeness (QED) is 0.891. The molecule has 1 heterocycles. The van der Waals surface area contributed by atoms with Crippen LogP contribution in [0.4, 0.5) is 10.1 Å². The first-order valence-corrected chi connectivity index (χ1v) is 6.45. The number of fused-ring (bicyclic) bond motifs is 1. The van der Waals surface area contributed by atoms with Crippen molar-refractivity contribution < 1.29 is 9.50 Å². The maximum atomic E-state index is 14.1. The molecule has 0 spiro atoms. The highest BCUT2D eigenvalue weighted by Gasteiger charge is 2.24. The Bertz CT molecular complexity index is 584. The molecule has 2 nitrogen and oxygen atoms in total. The fourth-order valence-electron chi connectivity index (χ4n) is 2.69. The van der Waals surface area contributed by atoms with Crippen LogP contribution in [0.1, 0.15) is 29.7 Å². The number of benzene rings is 2. The summed E-state index contributed by atoms with van der Waals surface area (Å²) < 4.78 is 14.1. The number of aliphatic hydroxyl groups is 1. The molecule has 0 amide bonds. The Morgan fingerprint density at radius 1 is 1.05 bits per heavy atom. The number of halogens is 1. The molecule has 0 aromatic heterocycles. The van der Waals surface area contributed by atoms with Crippen LogP contribution in [0.2, 0.25) is 0 Å². The van der Waals surface area contributed by atoms with Gasteiger partial charge in [-0.25, -0.2) is 4.39 Å². The number of rotatable bonds is 2. The summed E-state index contributed by atoms with van der Waals surface area (Å²) in [5, 5.41) is 9.81. The molecule has 0 bridgehead atoms. The van der Waals surface area contributed by atoms with Crippen molar-refractivity contribution in [3.05, 3.63) is 65.0 Å². The highest BCUT2D eigenvalue weighted by molar-refractivity contribution is 5.58. The minimum Gasteiger partial charge on any atom is -0.389 e. The first-order valence-electron chi connectivity index (χ1n) is 6.45. The zero-order valence-electron chi connectivity index (χ0n) is 10.8. The van der Waals surface area contributed by atoms with Crippen LogP contribution < -0.4 is 4.90 Å². The Labute approximate surface area is 112 Å². The van der Waals surface area contributed by atoms with Crippen LogP contribution in [0, 0.1) is 5.82 Å². The molecule has 3 heteroatoms. The van der Waals surface area contributed by atoms with Gasteiger partial charge >= 0.3 is 0 Å². The van der Waals surface area contributed by atoms with E-state index in [0.29, 0.717) is 24.3 Å². The second-order valence-corrected chi connectivity index (χ2v) is 4.98. The molecule has 1 aliphatic rings. The van der Waals surface area contributed by atoms with Crippen molar-refractivity contribution in [2.45, 2.75) is 26.1 Å². The largest absolute Gasteiger partial charge is 0.389 e. The monoisotopic (exact) mass is 257 g/mol. The minimum absolute atomic E-state index is 0.272. The van der Waals surface area contributed by atoms with Crippen molar-refractivity contribution in [1.82, 2.24) is 0 Å². The van der Waals surface area contributed by atoms with Crippen molar-refractivity contribution in [1.29, 1.82) is 0 Å². The summed E-state index contributed by atoms with van der Waals surface area (Å²) in [5.74, 6) is -0.272. The molecule has 3 rings (SSSR count). The standard InChI is InChI=1S/C16H16FNO/c1-11(19)14-7-4-8-15(17)16(14)18-9-12-5-2-3-6-13(12)10-18/h2-8,11,19H,9-10H2,1H3. The minimum atomic E-state index is -0.672. The molecule has 0 aliphatic carbocycles. The molecule has 1 atom stereocenters. The first kappa shape index (κ1) is 12.2. The van der Waals surface area contributed by atoms with Gasteiger partial charge in [0.05, 0.1) is 11.8 Å². The van der Waals surface area contributed by atoms with Crippen LogP contribution in [0.15, 0.2) is 42.5 Å². The fraction of sp³-hybridized carbons (Fsp3) is 0.250. The Morgan fingerprint density at radius 3 is 2.26 bits per heavy atom. The van der Waals surface area contributed by atoms with E-state index in [4.69, 9.17) is 0 Å². The second-order valence-electron chi connectivity index (χ2n) is 4.98. The molecule has 0 saturated heterocycles. The summed E-state index contributed by atoms with van der Waals surface area (Å²) in [5.41, 5.74) is 3.62. The van der Waals surface area contributed by atoms with E-state index in [1.165, 1.54) is 17.2 Å². The van der Waals surface area contributed by atoms with Crippen molar-refractivity contribution in [3.63, 3.8) is 0 Å². The van der Waals surface area contributed by atoms with Crippen molar-refractivity contribution in [2.24, 2.45) is 0 Å². The number of anilines is 1. The van der Waals surface area contributed by atoms with E-state index < -0.39 is 6.10 Å². The van der Waals surface area contributed by atoms with E-state index in [0.717, 1.165) is 0 Å². The lowest BCUT2D eigenvalue weighted by Gasteiger charge is -2.23. The average molecular weight is 257 g/mol. The highest BCUT2D eigenvalue weighted by Crippen LogP contribution is 2.35. The van der Waals surface area contributed by atoms with Crippen LogP contribution in [0.25, 0.3) is 0 Å². The lowest BCUT2D eigenvalue weighted by molar-refractivity contribution is 0.199. The van der Waals surface area contributed by atoms with Gasteiger partial charge in [-0.1, -0.05) is 36.4 Å². The molecule has 98 valence electrons. The van der Waals surface area contributed by atoms with E-state index in [1.54, 1.807) is 19.1 Å². The summed E-state index contributed by atoms with van der Waals surface area (Å²) in [6, 6.07) is 13.0. The zero-order valence-corrected chi connectivity index (χ0v) is 10.8. The van der Waals surface area contributed by atoms with Crippen molar-refractivity contribution >= 4 is 5.69 Å². The highest BCUT2D eigenvalue weighted by atomic mass is 19.1. The number of hydrogen-bond acceptors (Lipinski definition) is 2. The van der Waals surface area contributed by atoms with Crippen LogP contribution in [0.5, 0.6) is 0 Å². The molecule has 19 heavy (non-hydrogen) atoms. The zero-order chi connectivity index (χ0) is 13.4. The summed E-state index contributed by atoms with van der Waals surface area (Å²) in [6.45, 7) is 3.05. The topological polar surface area (TPSA) is 23.5 Å². The summed E-state index contributed by atoms with van der Waals surface area (Å²) >= 11 is 0. The van der Waals surface area contributed by atoms with Crippen LogP contribution in [-0.4, -0.2) is 5.11 Å². The summed E-state index contributed by atoms with van der Waals surface area (Å²) in [4.78, 5) is 1.99. The van der Waals surface area contributed by atoms with Crippen LogP contribution >= 0.6 is 0 Å². The third kappa shape index (κ3) is 2.10. The summed E-state index contributed by atoms with van der Waals surface area (Å²) in [7, 11) is 0. The van der Waals surface area contributed by atoms with Gasteiger partial charge < -0.3 is 10.0 Å². The van der Waals surface area contributed by atoms with Gasteiger partial charge in [0.2, 0.25) is 0 Å². The predicted octanol–water partition coefficient (Wildman–Crippen LogP) is 3.40. The van der Waals surface area contributed by atoms with E-state index in [9.17, 15) is 9.50 Å². The number of para-hydroxylation sites is 1. The van der Waals surface area contributed by atoms with E-state index >= 15 is 0 Å². The van der Waals surface area contributed by atoms with Gasteiger partial charge in [-0.2, -0.15) is 0 Å². The number of nitrogens with zero attached hydrogens (tertiary/aromatic N) is 1. The van der Waals surface area contributed by atoms with Gasteiger partial charge in [0.25, 0.3) is 0 Å². The molecular formula is C16H16FNO. The molecule has 1 aliphatic heterocycles. The Morgan fingerprint density at radius 2 is 1.68 bits per heavy atom. The Hall–Kier alpha value is -1.87. The molecule has 1 unspecified atom stereocenters. The fourth-order valence-corrected chi connectivity index (χ4v) is 2.69. The molecular weight excluding hydrogens is 241 g/mol. The van der Waals surface area contributed by atoms with Crippen molar-refractivity contribution in [2.75, 3.05) is 4.90 Å².